The fraction of sp³-hybridized carbons (Fsp3) is 0.138. The van der Waals surface area contributed by atoms with E-state index in [0.717, 1.165) is 28.0 Å². The summed E-state index contributed by atoms with van der Waals surface area (Å²) in [6, 6.07) is 28.9. The standard InChI is InChI=1S/C29H26N6O2/c30-27-26-25(21-11-13-24(14-12-21)37-23-9-5-2-6-10-23)15-16-31-28(26)35(32-27)34-19-17-33(18-20-34)29(36)22-7-3-1-4-8-22/h1-16H,17-20H2,(H2,30,32). The number of carbonyl (C=O) groups is 1. The number of aromatic nitrogens is 3. The molecule has 2 aromatic heterocycles. The number of amides is 1. The highest BCUT2D eigenvalue weighted by Gasteiger charge is 2.25. The van der Waals surface area contributed by atoms with Crippen LogP contribution >= 0.6 is 0 Å². The van der Waals surface area contributed by atoms with Crippen LogP contribution < -0.4 is 15.5 Å². The van der Waals surface area contributed by atoms with Crippen molar-refractivity contribution in [1.29, 1.82) is 0 Å². The first-order valence-electron chi connectivity index (χ1n) is 12.2. The van der Waals surface area contributed by atoms with E-state index in [4.69, 9.17) is 10.5 Å². The molecule has 184 valence electrons. The van der Waals surface area contributed by atoms with Crippen molar-refractivity contribution in [2.75, 3.05) is 36.9 Å². The highest BCUT2D eigenvalue weighted by molar-refractivity contribution is 6.00. The molecule has 0 aliphatic carbocycles. The number of para-hydroxylation sites is 1. The molecule has 5 aromatic rings. The molecular weight excluding hydrogens is 464 g/mol. The number of ether oxygens (including phenoxy) is 1. The van der Waals surface area contributed by atoms with Crippen LogP contribution in [0.1, 0.15) is 10.4 Å². The molecule has 0 saturated carbocycles. The number of nitrogens with zero attached hydrogens (tertiary/aromatic N) is 5. The lowest BCUT2D eigenvalue weighted by molar-refractivity contribution is 0.0737. The molecule has 3 heterocycles. The Balaban J connectivity index is 1.22. The topological polar surface area (TPSA) is 89.5 Å². The average Bonchev–Trinajstić information content (AvgIpc) is 3.31. The van der Waals surface area contributed by atoms with Crippen LogP contribution in [0.5, 0.6) is 11.5 Å². The van der Waals surface area contributed by atoms with Crippen LogP contribution in [0.25, 0.3) is 22.2 Å². The highest BCUT2D eigenvalue weighted by Crippen LogP contribution is 2.33. The van der Waals surface area contributed by atoms with Crippen LogP contribution in [0.15, 0.2) is 97.2 Å². The van der Waals surface area contributed by atoms with Gasteiger partial charge >= 0.3 is 0 Å². The lowest BCUT2D eigenvalue weighted by Crippen LogP contribution is -2.53. The van der Waals surface area contributed by atoms with E-state index < -0.39 is 0 Å². The predicted octanol–water partition coefficient (Wildman–Crippen LogP) is 4.57. The first kappa shape index (κ1) is 22.6. The van der Waals surface area contributed by atoms with E-state index in [1.165, 1.54) is 0 Å². The number of benzene rings is 3. The van der Waals surface area contributed by atoms with Crippen molar-refractivity contribution < 1.29 is 9.53 Å². The van der Waals surface area contributed by atoms with Gasteiger partial charge in [0.2, 0.25) is 0 Å². The molecule has 1 saturated heterocycles. The van der Waals surface area contributed by atoms with Crippen LogP contribution in [-0.4, -0.2) is 51.9 Å². The van der Waals surface area contributed by atoms with E-state index in [-0.39, 0.29) is 5.91 Å². The van der Waals surface area contributed by atoms with E-state index in [1.54, 1.807) is 11.0 Å². The van der Waals surface area contributed by atoms with Gasteiger partial charge in [-0.3, -0.25) is 9.80 Å². The second-order valence-electron chi connectivity index (χ2n) is 8.88. The van der Waals surface area contributed by atoms with Crippen LogP contribution in [0.3, 0.4) is 0 Å². The maximum atomic E-state index is 12.8. The van der Waals surface area contributed by atoms with Crippen LogP contribution in [0, 0.1) is 0 Å². The first-order chi connectivity index (χ1) is 18.2. The summed E-state index contributed by atoms with van der Waals surface area (Å²) >= 11 is 0. The van der Waals surface area contributed by atoms with E-state index in [9.17, 15) is 4.79 Å². The summed E-state index contributed by atoms with van der Waals surface area (Å²) in [5.41, 5.74) is 9.77. The van der Waals surface area contributed by atoms with Crippen LogP contribution in [0.4, 0.5) is 5.82 Å². The summed E-state index contributed by atoms with van der Waals surface area (Å²) in [5.74, 6) is 2.01. The summed E-state index contributed by atoms with van der Waals surface area (Å²) in [7, 11) is 0. The van der Waals surface area contributed by atoms with Gasteiger partial charge in [-0.25, -0.2) is 4.98 Å². The zero-order valence-corrected chi connectivity index (χ0v) is 20.2. The number of rotatable bonds is 5. The van der Waals surface area contributed by atoms with Gasteiger partial charge in [0.15, 0.2) is 11.5 Å². The van der Waals surface area contributed by atoms with Crippen molar-refractivity contribution in [3.05, 3.63) is 103 Å². The fourth-order valence-electron chi connectivity index (χ4n) is 4.67. The Kier molecular flexibility index (Phi) is 5.90. The summed E-state index contributed by atoms with van der Waals surface area (Å²) in [6.45, 7) is 2.45. The molecule has 37 heavy (non-hydrogen) atoms. The van der Waals surface area contributed by atoms with E-state index in [0.29, 0.717) is 43.2 Å². The average molecular weight is 491 g/mol. The number of anilines is 1. The minimum absolute atomic E-state index is 0.0465. The molecule has 0 spiro atoms. The second kappa shape index (κ2) is 9.66. The van der Waals surface area contributed by atoms with Crippen LogP contribution in [0.2, 0.25) is 0 Å². The van der Waals surface area contributed by atoms with Crippen molar-refractivity contribution in [2.45, 2.75) is 0 Å². The minimum Gasteiger partial charge on any atom is -0.457 e. The van der Waals surface area contributed by atoms with Gasteiger partial charge in [0.25, 0.3) is 5.91 Å². The van der Waals surface area contributed by atoms with Crippen molar-refractivity contribution in [2.24, 2.45) is 0 Å². The summed E-state index contributed by atoms with van der Waals surface area (Å²) < 4.78 is 5.93. The summed E-state index contributed by atoms with van der Waals surface area (Å²) in [5, 5.41) is 7.52. The van der Waals surface area contributed by atoms with Gasteiger partial charge in [0.1, 0.15) is 11.5 Å². The summed E-state index contributed by atoms with van der Waals surface area (Å²) in [6.07, 6.45) is 1.78. The maximum Gasteiger partial charge on any atom is 0.253 e. The molecule has 0 atom stereocenters. The number of piperazine rings is 1. The van der Waals surface area contributed by atoms with Gasteiger partial charge in [0.05, 0.1) is 18.5 Å². The van der Waals surface area contributed by atoms with Gasteiger partial charge in [-0.15, -0.1) is 5.10 Å². The molecule has 8 nitrogen and oxygen atoms in total. The predicted molar refractivity (Wildman–Crippen MR) is 144 cm³/mol. The Bertz CT molecular complexity index is 1530. The molecule has 1 fully saturated rings. The Labute approximate surface area is 214 Å². The van der Waals surface area contributed by atoms with E-state index in [1.807, 2.05) is 95.9 Å². The lowest BCUT2D eigenvalue weighted by atomic mass is 10.0. The van der Waals surface area contributed by atoms with Gasteiger partial charge < -0.3 is 15.4 Å². The second-order valence-corrected chi connectivity index (χ2v) is 8.88. The third-order valence-electron chi connectivity index (χ3n) is 6.56. The fourth-order valence-corrected chi connectivity index (χ4v) is 4.67. The number of pyridine rings is 1. The molecule has 1 aliphatic heterocycles. The highest BCUT2D eigenvalue weighted by atomic mass is 16.5. The molecule has 1 aliphatic rings. The number of hydrogen-bond donors (Lipinski definition) is 1. The lowest BCUT2D eigenvalue weighted by Gasteiger charge is -2.35. The van der Waals surface area contributed by atoms with Crippen molar-refractivity contribution >= 4 is 22.8 Å². The first-order valence-corrected chi connectivity index (χ1v) is 12.2. The minimum atomic E-state index is 0.0465. The molecule has 6 rings (SSSR count). The van der Waals surface area contributed by atoms with E-state index in [2.05, 4.69) is 15.1 Å². The third kappa shape index (κ3) is 4.45. The van der Waals surface area contributed by atoms with Gasteiger partial charge in [-0.1, -0.05) is 48.5 Å². The number of carbonyl (C=O) groups excluding carboxylic acids is 1. The Hall–Kier alpha value is -4.85. The molecule has 0 bridgehead atoms. The molecular formula is C29H26N6O2. The van der Waals surface area contributed by atoms with Gasteiger partial charge in [-0.05, 0) is 53.6 Å². The molecule has 3 aromatic carbocycles. The van der Waals surface area contributed by atoms with Gasteiger partial charge in [-0.2, -0.15) is 4.79 Å². The Morgan fingerprint density at radius 1 is 0.784 bits per heavy atom. The molecule has 2 N–H and O–H groups in total. The number of nitrogens with two attached hydrogens (primary N) is 1. The molecule has 8 heteroatoms. The zero-order valence-electron chi connectivity index (χ0n) is 20.2. The normalized spacial score (nSPS) is 13.6. The molecule has 0 unspecified atom stereocenters. The smallest absolute Gasteiger partial charge is 0.253 e. The largest absolute Gasteiger partial charge is 0.457 e. The van der Waals surface area contributed by atoms with Crippen LogP contribution in [-0.2, 0) is 0 Å². The quantitative estimate of drug-likeness (QED) is 0.388. The number of fused-ring (bicyclic) bond motifs is 1. The monoisotopic (exact) mass is 490 g/mol. The van der Waals surface area contributed by atoms with Crippen molar-refractivity contribution in [3.8, 4) is 22.6 Å². The van der Waals surface area contributed by atoms with E-state index >= 15 is 0 Å². The van der Waals surface area contributed by atoms with Crippen molar-refractivity contribution in [1.82, 2.24) is 19.8 Å². The Morgan fingerprint density at radius 3 is 2.14 bits per heavy atom. The maximum absolute atomic E-state index is 12.8. The summed E-state index contributed by atoms with van der Waals surface area (Å²) in [4.78, 5) is 21.1. The molecule has 1 amide bonds. The Morgan fingerprint density at radius 2 is 1.43 bits per heavy atom. The third-order valence-corrected chi connectivity index (χ3v) is 6.56. The van der Waals surface area contributed by atoms with Gasteiger partial charge in [0, 0.05) is 24.8 Å². The SMILES string of the molecule is Nc1nn(N2CCN(C(=O)c3ccccc3)CC2)c2nccc(-c3ccc(Oc4ccccc4)cc3)c12. The van der Waals surface area contributed by atoms with Crippen molar-refractivity contribution in [3.63, 3.8) is 0 Å². The number of hydrogen-bond acceptors (Lipinski definition) is 6. The zero-order chi connectivity index (χ0) is 25.2. The number of nitrogen functional groups attached to an aromatic ring is 1. The molecule has 0 radical (unpaired) electrons.